The minimum Gasteiger partial charge on any atom is -0.481 e. The molecular weight excluding hydrogens is 289 g/mol. The van der Waals surface area contributed by atoms with Gasteiger partial charge in [-0.1, -0.05) is 0 Å². The second-order valence-electron chi connectivity index (χ2n) is 5.59. The van der Waals surface area contributed by atoms with Crippen LogP contribution < -0.4 is 0 Å². The Morgan fingerprint density at radius 2 is 2.23 bits per heavy atom. The van der Waals surface area contributed by atoms with Crippen LogP contribution in [0.2, 0.25) is 0 Å². The second-order valence-corrected chi connectivity index (χ2v) is 5.59. The third kappa shape index (κ3) is 2.45. The molecule has 1 aromatic carbocycles. The van der Waals surface area contributed by atoms with Gasteiger partial charge in [-0.25, -0.2) is 4.39 Å². The first-order valence-corrected chi connectivity index (χ1v) is 7.19. The molecule has 1 aliphatic heterocycles. The van der Waals surface area contributed by atoms with Gasteiger partial charge >= 0.3 is 5.97 Å². The van der Waals surface area contributed by atoms with Gasteiger partial charge in [-0.05, 0) is 38.0 Å². The van der Waals surface area contributed by atoms with Crippen molar-refractivity contribution >= 4 is 22.8 Å². The summed E-state index contributed by atoms with van der Waals surface area (Å²) < 4.78 is 18.9. The van der Waals surface area contributed by atoms with E-state index >= 15 is 0 Å². The third-order valence-electron chi connectivity index (χ3n) is 4.14. The lowest BCUT2D eigenvalue weighted by atomic mass is 10.1. The minimum atomic E-state index is -0.923. The van der Waals surface area contributed by atoms with E-state index in [1.165, 1.54) is 18.2 Å². The predicted octanol–water partition coefficient (Wildman–Crippen LogP) is 2.96. The van der Waals surface area contributed by atoms with Crippen LogP contribution in [0, 0.1) is 12.7 Å². The number of hydrogen-bond acceptors (Lipinski definition) is 3. The van der Waals surface area contributed by atoms with Gasteiger partial charge < -0.3 is 14.4 Å². The normalized spacial score (nSPS) is 18.1. The van der Waals surface area contributed by atoms with Crippen LogP contribution in [0.3, 0.4) is 0 Å². The summed E-state index contributed by atoms with van der Waals surface area (Å²) in [7, 11) is 0. The van der Waals surface area contributed by atoms with Crippen molar-refractivity contribution in [3.05, 3.63) is 35.3 Å². The second kappa shape index (κ2) is 5.44. The minimum absolute atomic E-state index is 0.0698. The van der Waals surface area contributed by atoms with E-state index in [2.05, 4.69) is 0 Å². The van der Waals surface area contributed by atoms with Gasteiger partial charge in [0.05, 0.1) is 6.42 Å². The zero-order valence-electron chi connectivity index (χ0n) is 12.1. The Kier molecular flexibility index (Phi) is 3.60. The summed E-state index contributed by atoms with van der Waals surface area (Å²) in [5.74, 6) is -1.47. The smallest absolute Gasteiger partial charge is 0.305 e. The maximum atomic E-state index is 13.3. The molecule has 0 saturated carbocycles. The van der Waals surface area contributed by atoms with Gasteiger partial charge in [0.1, 0.15) is 11.4 Å². The number of halogens is 1. The van der Waals surface area contributed by atoms with Crippen LogP contribution in [-0.2, 0) is 4.79 Å². The number of rotatable bonds is 3. The largest absolute Gasteiger partial charge is 0.481 e. The van der Waals surface area contributed by atoms with Crippen molar-refractivity contribution in [2.75, 3.05) is 6.54 Å². The van der Waals surface area contributed by atoms with E-state index in [4.69, 9.17) is 9.52 Å². The standard InChI is InChI=1S/C16H16FNO4/c1-9-12-7-10(17)4-5-13(12)22-15(9)16(21)18-6-2-3-11(18)8-14(19)20/h4-5,7,11H,2-3,6,8H2,1H3,(H,19,20). The number of carbonyl (C=O) groups excluding carboxylic acids is 1. The summed E-state index contributed by atoms with van der Waals surface area (Å²) in [6.07, 6.45) is 1.38. The topological polar surface area (TPSA) is 70.8 Å². The summed E-state index contributed by atoms with van der Waals surface area (Å²) in [4.78, 5) is 25.1. The summed E-state index contributed by atoms with van der Waals surface area (Å²) in [5, 5.41) is 9.51. The number of carboxylic acid groups (broad SMARTS) is 1. The monoisotopic (exact) mass is 305 g/mol. The van der Waals surface area contributed by atoms with Gasteiger partial charge in [0.2, 0.25) is 0 Å². The summed E-state index contributed by atoms with van der Waals surface area (Å²) in [6, 6.07) is 3.80. The number of carboxylic acids is 1. The number of likely N-dealkylation sites (tertiary alicyclic amines) is 1. The molecule has 0 aliphatic carbocycles. The number of amides is 1. The van der Waals surface area contributed by atoms with Gasteiger partial charge in [0.15, 0.2) is 5.76 Å². The molecule has 1 aliphatic rings. The lowest BCUT2D eigenvalue weighted by Crippen LogP contribution is -2.36. The Hall–Kier alpha value is -2.37. The fourth-order valence-electron chi connectivity index (χ4n) is 3.04. The van der Waals surface area contributed by atoms with E-state index in [0.717, 1.165) is 6.42 Å². The molecule has 0 spiro atoms. The number of benzene rings is 1. The molecule has 3 rings (SSSR count). The van der Waals surface area contributed by atoms with Crippen molar-refractivity contribution in [3.63, 3.8) is 0 Å². The molecule has 116 valence electrons. The number of nitrogens with zero attached hydrogens (tertiary/aromatic N) is 1. The van der Waals surface area contributed by atoms with Gasteiger partial charge in [-0.3, -0.25) is 9.59 Å². The fourth-order valence-corrected chi connectivity index (χ4v) is 3.04. The summed E-state index contributed by atoms with van der Waals surface area (Å²) >= 11 is 0. The highest BCUT2D eigenvalue weighted by Gasteiger charge is 2.33. The van der Waals surface area contributed by atoms with Crippen LogP contribution in [0.1, 0.15) is 35.4 Å². The molecule has 1 unspecified atom stereocenters. The zero-order chi connectivity index (χ0) is 15.9. The Labute approximate surface area is 126 Å². The molecule has 1 fully saturated rings. The quantitative estimate of drug-likeness (QED) is 0.946. The maximum Gasteiger partial charge on any atom is 0.305 e. The molecule has 5 nitrogen and oxygen atoms in total. The highest BCUT2D eigenvalue weighted by atomic mass is 19.1. The number of fused-ring (bicyclic) bond motifs is 1. The molecule has 1 amide bonds. The highest BCUT2D eigenvalue weighted by Crippen LogP contribution is 2.29. The predicted molar refractivity (Wildman–Crippen MR) is 77.2 cm³/mol. The molecule has 0 bridgehead atoms. The first kappa shape index (κ1) is 14.6. The lowest BCUT2D eigenvalue weighted by molar-refractivity contribution is -0.137. The number of furan rings is 1. The van der Waals surface area contributed by atoms with Gasteiger partial charge in [-0.2, -0.15) is 0 Å². The molecule has 2 heterocycles. The van der Waals surface area contributed by atoms with Crippen molar-refractivity contribution in [3.8, 4) is 0 Å². The first-order chi connectivity index (χ1) is 10.5. The van der Waals surface area contributed by atoms with Crippen LogP contribution in [0.25, 0.3) is 11.0 Å². The van der Waals surface area contributed by atoms with Crippen molar-refractivity contribution in [2.45, 2.75) is 32.2 Å². The van der Waals surface area contributed by atoms with Crippen molar-refractivity contribution in [1.82, 2.24) is 4.90 Å². The van der Waals surface area contributed by atoms with Crippen LogP contribution in [-0.4, -0.2) is 34.5 Å². The summed E-state index contributed by atoms with van der Waals surface area (Å²) in [5.41, 5.74) is 1.04. The van der Waals surface area contributed by atoms with E-state index < -0.39 is 5.97 Å². The molecule has 1 aromatic heterocycles. The summed E-state index contributed by atoms with van der Waals surface area (Å²) in [6.45, 7) is 2.22. The Bertz CT molecular complexity index is 752. The number of aryl methyl sites for hydroxylation is 1. The Balaban J connectivity index is 1.95. The highest BCUT2D eigenvalue weighted by molar-refractivity contribution is 5.99. The van der Waals surface area contributed by atoms with Gasteiger partial charge in [0, 0.05) is 23.5 Å². The van der Waals surface area contributed by atoms with Crippen LogP contribution >= 0.6 is 0 Å². The Morgan fingerprint density at radius 3 is 2.95 bits per heavy atom. The third-order valence-corrected chi connectivity index (χ3v) is 4.14. The van der Waals surface area contributed by atoms with Crippen molar-refractivity contribution in [1.29, 1.82) is 0 Å². The van der Waals surface area contributed by atoms with Crippen LogP contribution in [0.5, 0.6) is 0 Å². The molecule has 1 saturated heterocycles. The molecule has 22 heavy (non-hydrogen) atoms. The average molecular weight is 305 g/mol. The average Bonchev–Trinajstić information content (AvgIpc) is 3.03. The molecular formula is C16H16FNO4. The molecule has 6 heteroatoms. The first-order valence-electron chi connectivity index (χ1n) is 7.19. The number of aliphatic carboxylic acids is 1. The van der Waals surface area contributed by atoms with Crippen LogP contribution in [0.15, 0.2) is 22.6 Å². The van der Waals surface area contributed by atoms with E-state index in [0.29, 0.717) is 29.5 Å². The van der Waals surface area contributed by atoms with E-state index in [9.17, 15) is 14.0 Å². The van der Waals surface area contributed by atoms with Gasteiger partial charge in [0.25, 0.3) is 5.91 Å². The molecule has 2 aromatic rings. The SMILES string of the molecule is Cc1c(C(=O)N2CCCC2CC(=O)O)oc2ccc(F)cc12. The maximum absolute atomic E-state index is 13.3. The number of carbonyl (C=O) groups is 2. The lowest BCUT2D eigenvalue weighted by Gasteiger charge is -2.22. The van der Waals surface area contributed by atoms with E-state index in [1.807, 2.05) is 0 Å². The van der Waals surface area contributed by atoms with Crippen molar-refractivity contribution < 1.29 is 23.5 Å². The van der Waals surface area contributed by atoms with Crippen molar-refractivity contribution in [2.24, 2.45) is 0 Å². The molecule has 0 radical (unpaired) electrons. The molecule has 1 N–H and O–H groups in total. The fraction of sp³-hybridized carbons (Fsp3) is 0.375. The Morgan fingerprint density at radius 1 is 1.45 bits per heavy atom. The van der Waals surface area contributed by atoms with Crippen LogP contribution in [0.4, 0.5) is 4.39 Å². The molecule has 1 atom stereocenters. The zero-order valence-corrected chi connectivity index (χ0v) is 12.1. The van der Waals surface area contributed by atoms with Gasteiger partial charge in [-0.15, -0.1) is 0 Å². The number of hydrogen-bond donors (Lipinski definition) is 1. The van der Waals surface area contributed by atoms with E-state index in [1.54, 1.807) is 11.8 Å². The van der Waals surface area contributed by atoms with E-state index in [-0.39, 0.29) is 29.9 Å².